The van der Waals surface area contributed by atoms with Crippen LogP contribution in [0.2, 0.25) is 0 Å². The first kappa shape index (κ1) is 19.6. The fraction of sp³-hybridized carbons (Fsp3) is 0.143. The van der Waals surface area contributed by atoms with E-state index < -0.39 is 24.7 Å². The van der Waals surface area contributed by atoms with Crippen LogP contribution in [0.4, 0.5) is 0 Å². The zero-order valence-electron chi connectivity index (χ0n) is 15.3. The lowest BCUT2D eigenvalue weighted by Crippen LogP contribution is -2.18. The Bertz CT molecular complexity index is 916. The maximum absolute atomic E-state index is 13.9. The average molecular weight is 397 g/mol. The lowest BCUT2D eigenvalue weighted by Gasteiger charge is -2.25. The maximum atomic E-state index is 13.9. The Morgan fingerprint density at radius 2 is 1.32 bits per heavy atom. The number of hydrogen-bond acceptors (Lipinski definition) is 5. The summed E-state index contributed by atoms with van der Waals surface area (Å²) >= 11 is 0. The van der Waals surface area contributed by atoms with Gasteiger partial charge in [-0.15, -0.1) is 0 Å². The van der Waals surface area contributed by atoms with Crippen molar-refractivity contribution in [2.75, 3.05) is 6.54 Å². The van der Waals surface area contributed by atoms with E-state index in [1.165, 1.54) is 0 Å². The van der Waals surface area contributed by atoms with Crippen LogP contribution >= 0.6 is 7.60 Å². The number of nitrogens with zero attached hydrogens (tertiary/aromatic N) is 1. The van der Waals surface area contributed by atoms with Gasteiger partial charge in [-0.25, -0.2) is 4.57 Å². The van der Waals surface area contributed by atoms with Crippen molar-refractivity contribution >= 4 is 7.60 Å². The molecule has 0 aromatic heterocycles. The minimum atomic E-state index is -4.01. The van der Waals surface area contributed by atoms with Gasteiger partial charge in [0.15, 0.2) is 5.66 Å². The molecule has 0 spiro atoms. The number of aryl methyl sites for hydroxylation is 1. The zero-order chi connectivity index (χ0) is 20.0. The van der Waals surface area contributed by atoms with Crippen LogP contribution < -0.4 is 9.05 Å². The van der Waals surface area contributed by atoms with Crippen LogP contribution in [0, 0.1) is 17.0 Å². The third kappa shape index (κ3) is 4.99. The lowest BCUT2D eigenvalue weighted by atomic mass is 10.1. The minimum absolute atomic E-state index is 0.322. The Hall–Kier alpha value is -3.11. The normalized spacial score (nSPS) is 12.2. The zero-order valence-corrected chi connectivity index (χ0v) is 16.2. The molecule has 28 heavy (non-hydrogen) atoms. The summed E-state index contributed by atoms with van der Waals surface area (Å²) in [5.41, 5.74) is 0.451. The summed E-state index contributed by atoms with van der Waals surface area (Å²) in [7, 11) is -4.01. The highest BCUT2D eigenvalue weighted by Gasteiger charge is 2.44. The van der Waals surface area contributed by atoms with Gasteiger partial charge in [-0.1, -0.05) is 66.2 Å². The fourth-order valence-electron chi connectivity index (χ4n) is 2.72. The van der Waals surface area contributed by atoms with E-state index >= 15 is 0 Å². The van der Waals surface area contributed by atoms with E-state index in [2.05, 4.69) is 0 Å². The van der Waals surface area contributed by atoms with Crippen LogP contribution in [0.25, 0.3) is 0 Å². The van der Waals surface area contributed by atoms with Crippen molar-refractivity contribution in [2.45, 2.75) is 12.6 Å². The molecule has 3 rings (SSSR count). The third-order valence-electron chi connectivity index (χ3n) is 4.12. The van der Waals surface area contributed by atoms with Crippen molar-refractivity contribution in [3.63, 3.8) is 0 Å². The van der Waals surface area contributed by atoms with Crippen LogP contribution in [0.3, 0.4) is 0 Å². The molecule has 0 saturated heterocycles. The summed E-state index contributed by atoms with van der Waals surface area (Å²) in [6.45, 7) is 1.33. The Kier molecular flexibility index (Phi) is 6.12. The highest BCUT2D eigenvalue weighted by atomic mass is 31.2. The molecule has 0 aliphatic heterocycles. The largest absolute Gasteiger partial charge is 0.444 e. The second-order valence-electron chi connectivity index (χ2n) is 6.29. The summed E-state index contributed by atoms with van der Waals surface area (Å²) in [5.74, 6) is 0.643. The average Bonchev–Trinajstić information content (AvgIpc) is 2.68. The fourth-order valence-corrected chi connectivity index (χ4v) is 4.71. The van der Waals surface area contributed by atoms with Crippen molar-refractivity contribution < 1.29 is 18.5 Å². The molecule has 7 heteroatoms. The van der Waals surface area contributed by atoms with Gasteiger partial charge in [0.25, 0.3) is 0 Å². The standard InChI is InChI=1S/C21H20NO5P/c1-17-12-14-18(15-13-17)21(16-22(23)24)28(25,26-19-8-4-2-5-9-19)27-20-10-6-3-7-11-20/h2-15,21H,16H2,1H3. The topological polar surface area (TPSA) is 78.7 Å². The Morgan fingerprint density at radius 3 is 1.75 bits per heavy atom. The summed E-state index contributed by atoms with van der Waals surface area (Å²) in [5, 5.41) is 11.4. The van der Waals surface area contributed by atoms with Gasteiger partial charge in [0.2, 0.25) is 6.54 Å². The highest BCUT2D eigenvalue weighted by molar-refractivity contribution is 7.55. The molecule has 1 atom stereocenters. The minimum Gasteiger partial charge on any atom is -0.415 e. The molecule has 3 aromatic rings. The van der Waals surface area contributed by atoms with Gasteiger partial charge < -0.3 is 9.05 Å². The van der Waals surface area contributed by atoms with E-state index in [1.807, 2.05) is 19.1 Å². The summed E-state index contributed by atoms with van der Waals surface area (Å²) in [6, 6.07) is 24.2. The lowest BCUT2D eigenvalue weighted by molar-refractivity contribution is -0.480. The Balaban J connectivity index is 2.06. The van der Waals surface area contributed by atoms with Gasteiger partial charge in [0.05, 0.1) is 0 Å². The first-order valence-corrected chi connectivity index (χ1v) is 10.3. The number of benzene rings is 3. The van der Waals surface area contributed by atoms with Crippen LogP contribution in [0.15, 0.2) is 84.9 Å². The molecule has 0 radical (unpaired) electrons. The third-order valence-corrected chi connectivity index (χ3v) is 6.27. The summed E-state index contributed by atoms with van der Waals surface area (Å²) in [6.07, 6.45) is 0. The molecule has 6 nitrogen and oxygen atoms in total. The van der Waals surface area contributed by atoms with Gasteiger partial charge in [-0.3, -0.25) is 10.1 Å². The van der Waals surface area contributed by atoms with Gasteiger partial charge in [-0.05, 0) is 36.8 Å². The molecule has 3 aromatic carbocycles. The molecule has 0 heterocycles. The Labute approximate surface area is 163 Å². The number of nitro groups is 1. The summed E-state index contributed by atoms with van der Waals surface area (Å²) < 4.78 is 25.5. The van der Waals surface area contributed by atoms with E-state index in [1.54, 1.807) is 72.8 Å². The number of para-hydroxylation sites is 2. The molecule has 0 saturated carbocycles. The van der Waals surface area contributed by atoms with Crippen molar-refractivity contribution in [3.05, 3.63) is 106 Å². The van der Waals surface area contributed by atoms with E-state index in [9.17, 15) is 14.7 Å². The maximum Gasteiger partial charge on any atom is 0.444 e. The van der Waals surface area contributed by atoms with Crippen LogP contribution in [-0.2, 0) is 4.57 Å². The second kappa shape index (κ2) is 8.72. The number of hydrogen-bond donors (Lipinski definition) is 0. The van der Waals surface area contributed by atoms with Gasteiger partial charge in [0.1, 0.15) is 11.5 Å². The molecule has 0 N–H and O–H groups in total. The first-order chi connectivity index (χ1) is 13.5. The molecule has 0 bridgehead atoms. The Morgan fingerprint density at radius 1 is 0.857 bits per heavy atom. The molecule has 0 aliphatic carbocycles. The molecule has 0 fully saturated rings. The van der Waals surface area contributed by atoms with Gasteiger partial charge >= 0.3 is 7.60 Å². The van der Waals surface area contributed by atoms with Crippen LogP contribution in [-0.4, -0.2) is 11.5 Å². The van der Waals surface area contributed by atoms with Crippen molar-refractivity contribution in [3.8, 4) is 11.5 Å². The van der Waals surface area contributed by atoms with E-state index in [0.717, 1.165) is 5.56 Å². The SMILES string of the molecule is Cc1ccc(C(C[N+](=O)[O-])P(=O)(Oc2ccccc2)Oc2ccccc2)cc1. The van der Waals surface area contributed by atoms with Gasteiger partial charge in [0, 0.05) is 4.92 Å². The van der Waals surface area contributed by atoms with Crippen LogP contribution in [0.1, 0.15) is 16.8 Å². The van der Waals surface area contributed by atoms with Crippen molar-refractivity contribution in [2.24, 2.45) is 0 Å². The van der Waals surface area contributed by atoms with E-state index in [0.29, 0.717) is 17.1 Å². The molecule has 1 unspecified atom stereocenters. The monoisotopic (exact) mass is 397 g/mol. The van der Waals surface area contributed by atoms with Crippen molar-refractivity contribution in [1.29, 1.82) is 0 Å². The first-order valence-electron chi connectivity index (χ1n) is 8.74. The number of rotatable bonds is 8. The highest BCUT2D eigenvalue weighted by Crippen LogP contribution is 2.60. The molecular formula is C21H20NO5P. The molecule has 0 amide bonds. The molecule has 0 aliphatic rings. The van der Waals surface area contributed by atoms with Crippen LogP contribution in [0.5, 0.6) is 11.5 Å². The quantitative estimate of drug-likeness (QED) is 0.278. The second-order valence-corrected chi connectivity index (χ2v) is 8.36. The van der Waals surface area contributed by atoms with E-state index in [-0.39, 0.29) is 0 Å². The predicted octanol–water partition coefficient (Wildman–Crippen LogP) is 5.66. The molecule has 144 valence electrons. The van der Waals surface area contributed by atoms with Crippen molar-refractivity contribution in [1.82, 2.24) is 0 Å². The molecular weight excluding hydrogens is 377 g/mol. The van der Waals surface area contributed by atoms with E-state index in [4.69, 9.17) is 9.05 Å². The predicted molar refractivity (Wildman–Crippen MR) is 108 cm³/mol. The summed E-state index contributed by atoms with van der Waals surface area (Å²) in [4.78, 5) is 10.9. The smallest absolute Gasteiger partial charge is 0.415 e. The van der Waals surface area contributed by atoms with Gasteiger partial charge in [-0.2, -0.15) is 0 Å².